The first-order chi connectivity index (χ1) is 9.06. The lowest BCUT2D eigenvalue weighted by molar-refractivity contribution is -0.135. The molecular weight excluding hydrogens is 268 g/mol. The molecule has 0 atom stereocenters. The molecular formula is C13H13ClN2O3. The second-order valence-corrected chi connectivity index (χ2v) is 4.52. The zero-order valence-electron chi connectivity index (χ0n) is 10.3. The van der Waals surface area contributed by atoms with Gasteiger partial charge in [0.05, 0.1) is 6.54 Å². The van der Waals surface area contributed by atoms with E-state index in [4.69, 9.17) is 21.1 Å². The molecule has 0 aliphatic heterocycles. The van der Waals surface area contributed by atoms with Crippen molar-refractivity contribution in [1.82, 2.24) is 4.98 Å². The number of carboxylic acids is 1. The van der Waals surface area contributed by atoms with Crippen LogP contribution in [0.2, 0.25) is 5.02 Å². The Hall–Kier alpha value is -2.01. The fourth-order valence-electron chi connectivity index (χ4n) is 1.71. The lowest BCUT2D eigenvalue weighted by Crippen LogP contribution is -2.29. The number of rotatable bonds is 5. The van der Waals surface area contributed by atoms with Gasteiger partial charge in [-0.3, -0.25) is 4.79 Å². The molecule has 5 nitrogen and oxygen atoms in total. The highest BCUT2D eigenvalue weighted by atomic mass is 35.5. The number of carbonyl (C=O) groups is 1. The highest BCUT2D eigenvalue weighted by Crippen LogP contribution is 2.20. The minimum Gasteiger partial charge on any atom is -0.480 e. The van der Waals surface area contributed by atoms with E-state index in [1.54, 1.807) is 36.1 Å². The van der Waals surface area contributed by atoms with Crippen molar-refractivity contribution >= 4 is 23.3 Å². The van der Waals surface area contributed by atoms with E-state index in [9.17, 15) is 4.79 Å². The lowest BCUT2D eigenvalue weighted by atomic mass is 10.2. The Kier molecular flexibility index (Phi) is 4.06. The normalized spacial score (nSPS) is 10.4. The summed E-state index contributed by atoms with van der Waals surface area (Å²) in [5, 5.41) is 9.59. The highest BCUT2D eigenvalue weighted by molar-refractivity contribution is 6.30. The molecule has 0 bridgehead atoms. The largest absolute Gasteiger partial charge is 0.480 e. The van der Waals surface area contributed by atoms with Crippen molar-refractivity contribution in [2.24, 2.45) is 0 Å². The summed E-state index contributed by atoms with van der Waals surface area (Å²) >= 11 is 5.83. The third-order valence-electron chi connectivity index (χ3n) is 2.70. The maximum atomic E-state index is 11.0. The first kappa shape index (κ1) is 13.4. The Morgan fingerprint density at radius 3 is 2.63 bits per heavy atom. The Morgan fingerprint density at radius 2 is 2.11 bits per heavy atom. The first-order valence-corrected chi connectivity index (χ1v) is 6.05. The van der Waals surface area contributed by atoms with Crippen LogP contribution in [0.5, 0.6) is 0 Å². The van der Waals surface area contributed by atoms with Crippen LogP contribution in [-0.2, 0) is 11.3 Å². The summed E-state index contributed by atoms with van der Waals surface area (Å²) in [6.45, 7) is 2.05. The Labute approximate surface area is 115 Å². The van der Waals surface area contributed by atoms with Crippen LogP contribution in [0.15, 0.2) is 35.1 Å². The molecule has 0 saturated carbocycles. The van der Waals surface area contributed by atoms with E-state index in [0.717, 1.165) is 11.4 Å². The number of hydrogen-bond acceptors (Lipinski definition) is 4. The Balaban J connectivity index is 2.23. The van der Waals surface area contributed by atoms with Crippen molar-refractivity contribution in [3.05, 3.63) is 47.1 Å². The lowest BCUT2D eigenvalue weighted by Gasteiger charge is -2.22. The summed E-state index contributed by atoms with van der Waals surface area (Å²) in [6.07, 6.45) is 1.35. The maximum absolute atomic E-state index is 11.0. The number of anilines is 1. The number of aliphatic carboxylic acids is 1. The number of aryl methyl sites for hydroxylation is 1. The fraction of sp³-hybridized carbons (Fsp3) is 0.231. The van der Waals surface area contributed by atoms with Gasteiger partial charge in [0.2, 0.25) is 0 Å². The summed E-state index contributed by atoms with van der Waals surface area (Å²) in [7, 11) is 0. The van der Waals surface area contributed by atoms with E-state index in [2.05, 4.69) is 4.98 Å². The highest BCUT2D eigenvalue weighted by Gasteiger charge is 2.14. The molecule has 0 unspecified atom stereocenters. The molecule has 0 amide bonds. The van der Waals surface area contributed by atoms with Crippen LogP contribution in [0.1, 0.15) is 11.5 Å². The topological polar surface area (TPSA) is 66.6 Å². The van der Waals surface area contributed by atoms with Crippen LogP contribution in [-0.4, -0.2) is 22.6 Å². The molecule has 1 aromatic carbocycles. The summed E-state index contributed by atoms with van der Waals surface area (Å²) in [5.74, 6) is -0.222. The van der Waals surface area contributed by atoms with Gasteiger partial charge in [0.15, 0.2) is 6.39 Å². The van der Waals surface area contributed by atoms with E-state index in [1.807, 2.05) is 0 Å². The minimum absolute atomic E-state index is 0.117. The van der Waals surface area contributed by atoms with Gasteiger partial charge in [-0.15, -0.1) is 0 Å². The molecule has 100 valence electrons. The molecule has 1 N–H and O–H groups in total. The SMILES string of the molecule is Cc1ocnc1CN(CC(=O)O)c1ccc(Cl)cc1. The van der Waals surface area contributed by atoms with Crippen LogP contribution in [0.25, 0.3) is 0 Å². The molecule has 2 rings (SSSR count). The van der Waals surface area contributed by atoms with Gasteiger partial charge >= 0.3 is 5.97 Å². The fourth-order valence-corrected chi connectivity index (χ4v) is 1.84. The van der Waals surface area contributed by atoms with Crippen molar-refractivity contribution in [1.29, 1.82) is 0 Å². The zero-order chi connectivity index (χ0) is 13.8. The second kappa shape index (κ2) is 5.75. The van der Waals surface area contributed by atoms with Gasteiger partial charge in [0.1, 0.15) is 18.0 Å². The summed E-state index contributed by atoms with van der Waals surface area (Å²) in [6, 6.07) is 7.00. The molecule has 2 aromatic rings. The van der Waals surface area contributed by atoms with Gasteiger partial charge in [-0.25, -0.2) is 4.98 Å². The molecule has 0 fully saturated rings. The van der Waals surface area contributed by atoms with Gasteiger partial charge in [0.25, 0.3) is 0 Å². The standard InChI is InChI=1S/C13H13ClN2O3/c1-9-12(15-8-19-9)6-16(7-13(17)18)11-4-2-10(14)3-5-11/h2-5,8H,6-7H2,1H3,(H,17,18). The van der Waals surface area contributed by atoms with Crippen LogP contribution < -0.4 is 4.90 Å². The molecule has 1 heterocycles. The van der Waals surface area contributed by atoms with E-state index < -0.39 is 5.97 Å². The van der Waals surface area contributed by atoms with Crippen molar-refractivity contribution in [3.8, 4) is 0 Å². The minimum atomic E-state index is -0.906. The molecule has 0 aliphatic carbocycles. The predicted octanol–water partition coefficient (Wildman–Crippen LogP) is 2.73. The van der Waals surface area contributed by atoms with Gasteiger partial charge in [-0.2, -0.15) is 0 Å². The van der Waals surface area contributed by atoms with Gasteiger partial charge in [-0.05, 0) is 31.2 Å². The zero-order valence-corrected chi connectivity index (χ0v) is 11.1. The molecule has 0 spiro atoms. The van der Waals surface area contributed by atoms with Gasteiger partial charge < -0.3 is 14.4 Å². The summed E-state index contributed by atoms with van der Waals surface area (Å²) in [5.41, 5.74) is 1.49. The maximum Gasteiger partial charge on any atom is 0.323 e. The van der Waals surface area contributed by atoms with E-state index in [-0.39, 0.29) is 6.54 Å². The molecule has 6 heteroatoms. The Bertz CT molecular complexity index is 566. The van der Waals surface area contributed by atoms with Gasteiger partial charge in [0, 0.05) is 10.7 Å². The van der Waals surface area contributed by atoms with Crippen LogP contribution in [0.3, 0.4) is 0 Å². The molecule has 0 aliphatic rings. The van der Waals surface area contributed by atoms with Crippen LogP contribution in [0, 0.1) is 6.92 Å². The molecule has 19 heavy (non-hydrogen) atoms. The second-order valence-electron chi connectivity index (χ2n) is 4.08. The number of halogens is 1. The molecule has 0 radical (unpaired) electrons. The average molecular weight is 281 g/mol. The van der Waals surface area contributed by atoms with Crippen LogP contribution >= 0.6 is 11.6 Å². The van der Waals surface area contributed by atoms with E-state index in [1.165, 1.54) is 6.39 Å². The van der Waals surface area contributed by atoms with E-state index in [0.29, 0.717) is 17.3 Å². The summed E-state index contributed by atoms with van der Waals surface area (Å²) < 4.78 is 5.12. The van der Waals surface area contributed by atoms with Crippen LogP contribution in [0.4, 0.5) is 5.69 Å². The number of nitrogens with zero attached hydrogens (tertiary/aromatic N) is 2. The molecule has 0 saturated heterocycles. The number of hydrogen-bond donors (Lipinski definition) is 1. The van der Waals surface area contributed by atoms with Crippen molar-refractivity contribution < 1.29 is 14.3 Å². The monoisotopic (exact) mass is 280 g/mol. The third-order valence-corrected chi connectivity index (χ3v) is 2.95. The predicted molar refractivity (Wildman–Crippen MR) is 71.4 cm³/mol. The van der Waals surface area contributed by atoms with E-state index >= 15 is 0 Å². The Morgan fingerprint density at radius 1 is 1.42 bits per heavy atom. The van der Waals surface area contributed by atoms with Crippen molar-refractivity contribution in [3.63, 3.8) is 0 Å². The summed E-state index contributed by atoms with van der Waals surface area (Å²) in [4.78, 5) is 16.7. The smallest absolute Gasteiger partial charge is 0.323 e. The van der Waals surface area contributed by atoms with Crippen molar-refractivity contribution in [2.45, 2.75) is 13.5 Å². The number of carboxylic acid groups (broad SMARTS) is 1. The molecule has 1 aromatic heterocycles. The van der Waals surface area contributed by atoms with Crippen molar-refractivity contribution in [2.75, 3.05) is 11.4 Å². The van der Waals surface area contributed by atoms with Gasteiger partial charge in [-0.1, -0.05) is 11.6 Å². The third kappa shape index (κ3) is 3.48. The number of benzene rings is 1. The average Bonchev–Trinajstić information content (AvgIpc) is 2.75. The number of oxazole rings is 1. The number of aromatic nitrogens is 1. The first-order valence-electron chi connectivity index (χ1n) is 5.67. The quantitative estimate of drug-likeness (QED) is 0.912.